The SMILES string of the molecule is CCC1SCC(C(=O)NC2CC2)N1C(=O)c1ccccc1C. The van der Waals surface area contributed by atoms with E-state index in [0.717, 1.165) is 24.8 Å². The van der Waals surface area contributed by atoms with E-state index in [1.54, 1.807) is 16.7 Å². The number of hydrogen-bond acceptors (Lipinski definition) is 3. The number of carbonyl (C=O) groups excluding carboxylic acids is 2. The largest absolute Gasteiger partial charge is 0.352 e. The fourth-order valence-electron chi connectivity index (χ4n) is 2.83. The Morgan fingerprint density at radius 1 is 1.32 bits per heavy atom. The molecule has 118 valence electrons. The third-order valence-corrected chi connectivity index (χ3v) is 5.73. The average Bonchev–Trinajstić information content (AvgIpc) is 3.22. The molecule has 1 aliphatic heterocycles. The molecule has 1 aromatic rings. The molecule has 0 spiro atoms. The first-order valence-corrected chi connectivity index (χ1v) is 8.97. The van der Waals surface area contributed by atoms with Crippen LogP contribution in [-0.4, -0.2) is 39.9 Å². The predicted molar refractivity (Wildman–Crippen MR) is 88.8 cm³/mol. The van der Waals surface area contributed by atoms with Gasteiger partial charge in [-0.3, -0.25) is 9.59 Å². The zero-order valence-electron chi connectivity index (χ0n) is 13.0. The van der Waals surface area contributed by atoms with Crippen molar-refractivity contribution in [2.24, 2.45) is 0 Å². The quantitative estimate of drug-likeness (QED) is 0.928. The zero-order valence-corrected chi connectivity index (χ0v) is 13.9. The van der Waals surface area contributed by atoms with Crippen LogP contribution >= 0.6 is 11.8 Å². The molecule has 0 aromatic heterocycles. The van der Waals surface area contributed by atoms with Crippen LogP contribution in [0.25, 0.3) is 0 Å². The molecule has 2 unspecified atom stereocenters. The Hall–Kier alpha value is -1.49. The second-order valence-electron chi connectivity index (χ2n) is 6.02. The van der Waals surface area contributed by atoms with Crippen LogP contribution in [0.5, 0.6) is 0 Å². The van der Waals surface area contributed by atoms with E-state index < -0.39 is 0 Å². The van der Waals surface area contributed by atoms with Crippen molar-refractivity contribution in [2.75, 3.05) is 5.75 Å². The van der Waals surface area contributed by atoms with Crippen LogP contribution in [0.3, 0.4) is 0 Å². The topological polar surface area (TPSA) is 49.4 Å². The number of carbonyl (C=O) groups is 2. The summed E-state index contributed by atoms with van der Waals surface area (Å²) in [6, 6.07) is 7.58. The minimum absolute atomic E-state index is 0.00730. The van der Waals surface area contributed by atoms with Gasteiger partial charge < -0.3 is 10.2 Å². The van der Waals surface area contributed by atoms with Gasteiger partial charge in [-0.2, -0.15) is 0 Å². The van der Waals surface area contributed by atoms with Gasteiger partial charge in [-0.15, -0.1) is 11.8 Å². The fraction of sp³-hybridized carbons (Fsp3) is 0.529. The lowest BCUT2D eigenvalue weighted by Crippen LogP contribution is -2.50. The molecule has 1 aliphatic carbocycles. The molecule has 0 bridgehead atoms. The molecule has 1 saturated carbocycles. The standard InChI is InChI=1S/C17H22N2O2S/c1-3-15-19(17(21)13-7-5-4-6-11(13)2)14(10-22-15)16(20)18-12-8-9-12/h4-7,12,14-15H,3,8-10H2,1-2H3,(H,18,20). The highest BCUT2D eigenvalue weighted by atomic mass is 32.2. The van der Waals surface area contributed by atoms with Crippen molar-refractivity contribution in [1.29, 1.82) is 0 Å². The first kappa shape index (κ1) is 15.4. The summed E-state index contributed by atoms with van der Waals surface area (Å²) in [6.07, 6.45) is 2.98. The van der Waals surface area contributed by atoms with Crippen LogP contribution in [0.4, 0.5) is 0 Å². The van der Waals surface area contributed by atoms with Gasteiger partial charge in [0.05, 0.1) is 5.37 Å². The zero-order chi connectivity index (χ0) is 15.7. The first-order valence-electron chi connectivity index (χ1n) is 7.92. The van der Waals surface area contributed by atoms with Crippen LogP contribution in [0.2, 0.25) is 0 Å². The molecule has 0 radical (unpaired) electrons. The van der Waals surface area contributed by atoms with Crippen molar-refractivity contribution >= 4 is 23.6 Å². The summed E-state index contributed by atoms with van der Waals surface area (Å²) in [6.45, 7) is 4.01. The highest BCUT2D eigenvalue weighted by molar-refractivity contribution is 8.00. The lowest BCUT2D eigenvalue weighted by molar-refractivity contribution is -0.125. The number of nitrogens with zero attached hydrogens (tertiary/aromatic N) is 1. The fourth-order valence-corrected chi connectivity index (χ4v) is 4.18. The van der Waals surface area contributed by atoms with Crippen LogP contribution in [-0.2, 0) is 4.79 Å². The number of benzene rings is 1. The molecule has 1 N–H and O–H groups in total. The number of aryl methyl sites for hydroxylation is 1. The van der Waals surface area contributed by atoms with Crippen LogP contribution < -0.4 is 5.32 Å². The molecule has 1 saturated heterocycles. The van der Waals surface area contributed by atoms with E-state index in [-0.39, 0.29) is 23.2 Å². The summed E-state index contributed by atoms with van der Waals surface area (Å²) in [5.74, 6) is 0.674. The van der Waals surface area contributed by atoms with E-state index in [2.05, 4.69) is 12.2 Å². The molecule has 22 heavy (non-hydrogen) atoms. The molecule has 3 rings (SSSR count). The van der Waals surface area contributed by atoms with Gasteiger partial charge in [-0.25, -0.2) is 0 Å². The molecule has 1 heterocycles. The molecule has 5 heteroatoms. The van der Waals surface area contributed by atoms with Crippen LogP contribution in [0, 0.1) is 6.92 Å². The van der Waals surface area contributed by atoms with Crippen molar-refractivity contribution < 1.29 is 9.59 Å². The van der Waals surface area contributed by atoms with Crippen molar-refractivity contribution in [3.8, 4) is 0 Å². The number of thioether (sulfide) groups is 1. The maximum atomic E-state index is 13.0. The van der Waals surface area contributed by atoms with Gasteiger partial charge in [0.1, 0.15) is 6.04 Å². The monoisotopic (exact) mass is 318 g/mol. The summed E-state index contributed by atoms with van der Waals surface area (Å²) in [5, 5.41) is 3.13. The number of hydrogen-bond donors (Lipinski definition) is 1. The highest BCUT2D eigenvalue weighted by Gasteiger charge is 2.42. The molecular weight excluding hydrogens is 296 g/mol. The van der Waals surface area contributed by atoms with Crippen LogP contribution in [0.1, 0.15) is 42.1 Å². The molecule has 2 atom stereocenters. The summed E-state index contributed by atoms with van der Waals surface area (Å²) in [5.41, 5.74) is 1.66. The van der Waals surface area contributed by atoms with E-state index in [0.29, 0.717) is 17.4 Å². The summed E-state index contributed by atoms with van der Waals surface area (Å²) in [7, 11) is 0. The lowest BCUT2D eigenvalue weighted by Gasteiger charge is -2.29. The minimum Gasteiger partial charge on any atom is -0.352 e. The average molecular weight is 318 g/mol. The van der Waals surface area contributed by atoms with Gasteiger partial charge in [0, 0.05) is 17.4 Å². The summed E-state index contributed by atoms with van der Waals surface area (Å²) in [4.78, 5) is 27.3. The maximum Gasteiger partial charge on any atom is 0.255 e. The summed E-state index contributed by atoms with van der Waals surface area (Å²) < 4.78 is 0. The normalized spacial score (nSPS) is 24.4. The Bertz CT molecular complexity index is 586. The Morgan fingerprint density at radius 2 is 2.05 bits per heavy atom. The van der Waals surface area contributed by atoms with Crippen molar-refractivity contribution in [3.05, 3.63) is 35.4 Å². The van der Waals surface area contributed by atoms with E-state index in [1.807, 2.05) is 31.2 Å². The molecule has 4 nitrogen and oxygen atoms in total. The van der Waals surface area contributed by atoms with Crippen molar-refractivity contribution in [2.45, 2.75) is 50.6 Å². The van der Waals surface area contributed by atoms with Gasteiger partial charge >= 0.3 is 0 Å². The molecule has 1 aromatic carbocycles. The third kappa shape index (κ3) is 3.00. The molecular formula is C17H22N2O2S. The lowest BCUT2D eigenvalue weighted by atomic mass is 10.1. The second-order valence-corrected chi connectivity index (χ2v) is 7.23. The Labute approximate surface area is 135 Å². The molecule has 2 amide bonds. The van der Waals surface area contributed by atoms with Crippen molar-refractivity contribution in [3.63, 3.8) is 0 Å². The minimum atomic E-state index is -0.345. The molecule has 2 fully saturated rings. The first-order chi connectivity index (χ1) is 10.6. The number of rotatable bonds is 4. The van der Waals surface area contributed by atoms with Crippen LogP contribution in [0.15, 0.2) is 24.3 Å². The summed E-state index contributed by atoms with van der Waals surface area (Å²) >= 11 is 1.71. The maximum absolute atomic E-state index is 13.0. The molecule has 2 aliphatic rings. The van der Waals surface area contributed by atoms with Gasteiger partial charge in [-0.05, 0) is 37.8 Å². The third-order valence-electron chi connectivity index (χ3n) is 4.28. The van der Waals surface area contributed by atoms with Gasteiger partial charge in [-0.1, -0.05) is 25.1 Å². The van der Waals surface area contributed by atoms with E-state index in [1.165, 1.54) is 0 Å². The van der Waals surface area contributed by atoms with Gasteiger partial charge in [0.15, 0.2) is 0 Å². The van der Waals surface area contributed by atoms with Gasteiger partial charge in [0.2, 0.25) is 5.91 Å². The number of nitrogens with one attached hydrogen (secondary N) is 1. The Kier molecular flexibility index (Phi) is 4.43. The second kappa shape index (κ2) is 6.32. The van der Waals surface area contributed by atoms with Crippen molar-refractivity contribution in [1.82, 2.24) is 10.2 Å². The highest BCUT2D eigenvalue weighted by Crippen LogP contribution is 2.33. The smallest absolute Gasteiger partial charge is 0.255 e. The Balaban J connectivity index is 1.84. The van der Waals surface area contributed by atoms with Gasteiger partial charge in [0.25, 0.3) is 5.91 Å². The Morgan fingerprint density at radius 3 is 2.68 bits per heavy atom. The predicted octanol–water partition coefficient (Wildman–Crippen LogP) is 2.57. The van der Waals surface area contributed by atoms with E-state index in [9.17, 15) is 9.59 Å². The van der Waals surface area contributed by atoms with E-state index >= 15 is 0 Å². The van der Waals surface area contributed by atoms with E-state index in [4.69, 9.17) is 0 Å². The number of amides is 2.